The van der Waals surface area contributed by atoms with Crippen LogP contribution in [0.1, 0.15) is 28.8 Å². The molecule has 9 nitrogen and oxygen atoms in total. The molecule has 3 amide bonds. The van der Waals surface area contributed by atoms with Crippen LogP contribution in [0.3, 0.4) is 0 Å². The second kappa shape index (κ2) is 7.35. The molecule has 1 saturated heterocycles. The highest BCUT2D eigenvalue weighted by Crippen LogP contribution is 2.29. The summed E-state index contributed by atoms with van der Waals surface area (Å²) < 4.78 is 1.63. The summed E-state index contributed by atoms with van der Waals surface area (Å²) in [6.45, 7) is 0.347. The molecule has 156 valence electrons. The molecule has 2 N–H and O–H groups in total. The first-order valence-electron chi connectivity index (χ1n) is 10.0. The van der Waals surface area contributed by atoms with Gasteiger partial charge in [-0.1, -0.05) is 23.4 Å². The molecule has 2 aromatic carbocycles. The van der Waals surface area contributed by atoms with Crippen molar-refractivity contribution in [3.8, 4) is 16.9 Å². The van der Waals surface area contributed by atoms with E-state index < -0.39 is 11.9 Å². The van der Waals surface area contributed by atoms with E-state index in [-0.39, 0.29) is 18.2 Å². The number of aromatic nitrogens is 3. The summed E-state index contributed by atoms with van der Waals surface area (Å²) >= 11 is 0. The number of piperidine rings is 1. The van der Waals surface area contributed by atoms with E-state index >= 15 is 0 Å². The minimum atomic E-state index is -0.626. The fourth-order valence-corrected chi connectivity index (χ4v) is 4.04. The Morgan fingerprint density at radius 2 is 2.00 bits per heavy atom. The van der Waals surface area contributed by atoms with E-state index in [1.165, 1.54) is 4.90 Å². The number of anilines is 1. The number of nitrogens with one attached hydrogen (secondary N) is 2. The van der Waals surface area contributed by atoms with Crippen LogP contribution in [0.15, 0.2) is 48.7 Å². The van der Waals surface area contributed by atoms with E-state index in [0.29, 0.717) is 29.9 Å². The van der Waals surface area contributed by atoms with E-state index in [1.54, 1.807) is 10.7 Å². The Bertz CT molecular complexity index is 1220. The van der Waals surface area contributed by atoms with Crippen molar-refractivity contribution in [2.75, 3.05) is 12.4 Å². The van der Waals surface area contributed by atoms with Crippen LogP contribution in [0.4, 0.5) is 5.69 Å². The molecule has 1 atom stereocenters. The third-order valence-electron chi connectivity index (χ3n) is 5.72. The average Bonchev–Trinajstić information content (AvgIpc) is 3.39. The van der Waals surface area contributed by atoms with Gasteiger partial charge in [0.2, 0.25) is 11.8 Å². The van der Waals surface area contributed by atoms with Crippen LogP contribution < -0.4 is 10.6 Å². The highest BCUT2D eigenvalue weighted by Gasteiger charge is 2.39. The lowest BCUT2D eigenvalue weighted by Crippen LogP contribution is -2.52. The standard InChI is InChI=1S/C22H20N6O3/c1-23-15-4-2-3-13(9-15)18-12-28(26-25-18)16-6-5-14-11-27(22(31)17(14)10-16)19-7-8-20(29)24-21(19)30/h2-6,9-10,12,19,23H,7-8,11H2,1H3,(H,24,29,30). The van der Waals surface area contributed by atoms with E-state index in [2.05, 4.69) is 20.9 Å². The van der Waals surface area contributed by atoms with Gasteiger partial charge in [0.25, 0.3) is 5.91 Å². The molecule has 0 spiro atoms. The quantitative estimate of drug-likeness (QED) is 0.627. The number of fused-ring (bicyclic) bond motifs is 1. The smallest absolute Gasteiger partial charge is 0.255 e. The fraction of sp³-hybridized carbons (Fsp3) is 0.227. The molecule has 1 fully saturated rings. The van der Waals surface area contributed by atoms with Crippen molar-refractivity contribution in [2.24, 2.45) is 0 Å². The molecule has 0 aliphatic carbocycles. The predicted molar refractivity (Wildman–Crippen MR) is 112 cm³/mol. The number of nitrogens with zero attached hydrogens (tertiary/aromatic N) is 4. The van der Waals surface area contributed by atoms with Crippen LogP contribution in [0.2, 0.25) is 0 Å². The van der Waals surface area contributed by atoms with Gasteiger partial charge in [-0.05, 0) is 36.2 Å². The highest BCUT2D eigenvalue weighted by atomic mass is 16.2. The van der Waals surface area contributed by atoms with Gasteiger partial charge in [-0.25, -0.2) is 4.68 Å². The number of rotatable bonds is 4. The van der Waals surface area contributed by atoms with Gasteiger partial charge in [0, 0.05) is 36.8 Å². The predicted octanol–water partition coefficient (Wildman–Crippen LogP) is 1.74. The SMILES string of the molecule is CNc1cccc(-c2cn(-c3ccc4c(c3)C(=O)N(C3CCC(=O)NC3=O)C4)nn2)c1. The minimum absolute atomic E-state index is 0.214. The van der Waals surface area contributed by atoms with Crippen LogP contribution in [-0.4, -0.2) is 50.7 Å². The van der Waals surface area contributed by atoms with Crippen LogP contribution in [0.25, 0.3) is 16.9 Å². The number of imide groups is 1. The normalized spacial score (nSPS) is 18.2. The number of carbonyl (C=O) groups is 3. The Hall–Kier alpha value is -4.01. The zero-order valence-electron chi connectivity index (χ0n) is 16.8. The van der Waals surface area contributed by atoms with E-state index in [9.17, 15) is 14.4 Å². The Morgan fingerprint density at radius 3 is 2.81 bits per heavy atom. The molecule has 1 unspecified atom stereocenters. The second-order valence-electron chi connectivity index (χ2n) is 7.62. The molecule has 3 aromatic rings. The third-order valence-corrected chi connectivity index (χ3v) is 5.72. The van der Waals surface area contributed by atoms with Crippen molar-refractivity contribution >= 4 is 23.4 Å². The summed E-state index contributed by atoms with van der Waals surface area (Å²) in [5, 5.41) is 13.9. The third kappa shape index (κ3) is 3.33. The maximum Gasteiger partial charge on any atom is 0.255 e. The molecule has 9 heteroatoms. The fourth-order valence-electron chi connectivity index (χ4n) is 4.04. The minimum Gasteiger partial charge on any atom is -0.388 e. The van der Waals surface area contributed by atoms with Gasteiger partial charge in [-0.15, -0.1) is 5.10 Å². The Kier molecular flexibility index (Phi) is 4.50. The molecule has 0 radical (unpaired) electrons. The zero-order chi connectivity index (χ0) is 21.5. The van der Waals surface area contributed by atoms with Gasteiger partial charge in [0.05, 0.1) is 11.9 Å². The van der Waals surface area contributed by atoms with Crippen molar-refractivity contribution in [2.45, 2.75) is 25.4 Å². The summed E-state index contributed by atoms with van der Waals surface area (Å²) in [6, 6.07) is 12.7. The van der Waals surface area contributed by atoms with Crippen LogP contribution >= 0.6 is 0 Å². The lowest BCUT2D eigenvalue weighted by atomic mass is 10.0. The number of hydrogen-bond donors (Lipinski definition) is 2. The molecule has 2 aliphatic rings. The van der Waals surface area contributed by atoms with Crippen molar-refractivity contribution in [1.29, 1.82) is 0 Å². The first-order valence-corrected chi connectivity index (χ1v) is 10.0. The van der Waals surface area contributed by atoms with Crippen molar-refractivity contribution < 1.29 is 14.4 Å². The monoisotopic (exact) mass is 416 g/mol. The van der Waals surface area contributed by atoms with Crippen LogP contribution in [-0.2, 0) is 16.1 Å². The molecule has 2 aliphatic heterocycles. The number of hydrogen-bond acceptors (Lipinski definition) is 6. The largest absolute Gasteiger partial charge is 0.388 e. The summed E-state index contributed by atoms with van der Waals surface area (Å²) in [4.78, 5) is 38.2. The molecular weight excluding hydrogens is 396 g/mol. The maximum atomic E-state index is 13.0. The topological polar surface area (TPSA) is 109 Å². The van der Waals surface area contributed by atoms with Gasteiger partial charge in [-0.3, -0.25) is 19.7 Å². The van der Waals surface area contributed by atoms with Gasteiger partial charge >= 0.3 is 0 Å². The highest BCUT2D eigenvalue weighted by molar-refractivity contribution is 6.05. The van der Waals surface area contributed by atoms with Gasteiger partial charge in [0.15, 0.2) is 0 Å². The second-order valence-corrected chi connectivity index (χ2v) is 7.62. The average molecular weight is 416 g/mol. The van der Waals surface area contributed by atoms with Crippen LogP contribution in [0, 0.1) is 0 Å². The van der Waals surface area contributed by atoms with Crippen molar-refractivity contribution in [3.63, 3.8) is 0 Å². The molecule has 5 rings (SSSR count). The Balaban J connectivity index is 1.41. The van der Waals surface area contributed by atoms with E-state index in [4.69, 9.17) is 0 Å². The molecule has 31 heavy (non-hydrogen) atoms. The van der Waals surface area contributed by atoms with Crippen molar-refractivity contribution in [1.82, 2.24) is 25.2 Å². The van der Waals surface area contributed by atoms with Crippen molar-refractivity contribution in [3.05, 3.63) is 59.8 Å². The first kappa shape index (κ1) is 19.0. The van der Waals surface area contributed by atoms with E-state index in [0.717, 1.165) is 16.8 Å². The first-order chi connectivity index (χ1) is 15.0. The van der Waals surface area contributed by atoms with Gasteiger partial charge < -0.3 is 10.2 Å². The number of carbonyl (C=O) groups excluding carboxylic acids is 3. The molecule has 0 saturated carbocycles. The lowest BCUT2D eigenvalue weighted by Gasteiger charge is -2.29. The molecule has 1 aromatic heterocycles. The van der Waals surface area contributed by atoms with Gasteiger partial charge in [-0.2, -0.15) is 0 Å². The van der Waals surface area contributed by atoms with Crippen LogP contribution in [0.5, 0.6) is 0 Å². The summed E-state index contributed by atoms with van der Waals surface area (Å²) in [6.07, 6.45) is 2.39. The molecular formula is C22H20N6O3. The summed E-state index contributed by atoms with van der Waals surface area (Å²) in [7, 11) is 1.86. The van der Waals surface area contributed by atoms with E-state index in [1.807, 2.05) is 49.6 Å². The summed E-state index contributed by atoms with van der Waals surface area (Å²) in [5.41, 5.74) is 4.72. The summed E-state index contributed by atoms with van der Waals surface area (Å²) in [5.74, 6) is -0.925. The maximum absolute atomic E-state index is 13.0. The number of benzene rings is 2. The molecule has 0 bridgehead atoms. The number of amides is 3. The Labute approximate surface area is 178 Å². The van der Waals surface area contributed by atoms with Gasteiger partial charge in [0.1, 0.15) is 11.7 Å². The molecule has 3 heterocycles. The Morgan fingerprint density at radius 1 is 1.13 bits per heavy atom. The zero-order valence-corrected chi connectivity index (χ0v) is 16.8. The lowest BCUT2D eigenvalue weighted by molar-refractivity contribution is -0.136.